The topological polar surface area (TPSA) is 37.4 Å². The fourth-order valence-corrected chi connectivity index (χ4v) is 4.46. The van der Waals surface area contributed by atoms with Gasteiger partial charge in [0.15, 0.2) is 0 Å². The molecule has 1 aliphatic heterocycles. The van der Waals surface area contributed by atoms with Crippen molar-refractivity contribution < 1.29 is 9.59 Å². The maximum atomic E-state index is 12.6. The van der Waals surface area contributed by atoms with Gasteiger partial charge in [0, 0.05) is 5.02 Å². The summed E-state index contributed by atoms with van der Waals surface area (Å²) >= 11 is 5.96. The third-order valence-electron chi connectivity index (χ3n) is 4.99. The minimum Gasteiger partial charge on any atom is -0.274 e. The van der Waals surface area contributed by atoms with E-state index in [2.05, 4.69) is 0 Å². The van der Waals surface area contributed by atoms with Gasteiger partial charge in [-0.15, -0.1) is 0 Å². The van der Waals surface area contributed by atoms with Gasteiger partial charge in [0.1, 0.15) is 0 Å². The molecule has 3 fully saturated rings. The third-order valence-corrected chi connectivity index (χ3v) is 5.23. The Kier molecular flexibility index (Phi) is 2.31. The number of hydrogen-bond acceptors (Lipinski definition) is 2. The Labute approximate surface area is 116 Å². The average molecular weight is 276 g/mol. The number of benzene rings is 1. The molecule has 4 heteroatoms. The molecule has 1 heterocycles. The van der Waals surface area contributed by atoms with Crippen LogP contribution in [0.1, 0.15) is 19.3 Å². The molecule has 4 rings (SSSR count). The van der Waals surface area contributed by atoms with E-state index >= 15 is 0 Å². The maximum Gasteiger partial charge on any atom is 0.237 e. The molecule has 0 N–H and O–H groups in total. The van der Waals surface area contributed by atoms with Crippen molar-refractivity contribution in [3.8, 4) is 0 Å². The number of halogens is 1. The van der Waals surface area contributed by atoms with Crippen molar-refractivity contribution in [2.45, 2.75) is 19.3 Å². The smallest absolute Gasteiger partial charge is 0.237 e. The summed E-state index contributed by atoms with van der Waals surface area (Å²) in [5.41, 5.74) is 0.622. The number of amides is 2. The summed E-state index contributed by atoms with van der Waals surface area (Å²) in [6.45, 7) is 0. The molecule has 1 aromatic carbocycles. The number of hydrogen-bond donors (Lipinski definition) is 0. The molecule has 2 amide bonds. The normalized spacial score (nSPS) is 36.2. The van der Waals surface area contributed by atoms with Crippen molar-refractivity contribution in [1.29, 1.82) is 0 Å². The number of nitrogens with zero attached hydrogens (tertiary/aromatic N) is 1. The van der Waals surface area contributed by atoms with E-state index in [4.69, 9.17) is 11.6 Å². The van der Waals surface area contributed by atoms with Crippen LogP contribution in [-0.2, 0) is 9.59 Å². The number of rotatable bonds is 1. The van der Waals surface area contributed by atoms with E-state index in [-0.39, 0.29) is 23.7 Å². The zero-order valence-corrected chi connectivity index (χ0v) is 11.1. The van der Waals surface area contributed by atoms with Crippen LogP contribution in [0.3, 0.4) is 0 Å². The monoisotopic (exact) mass is 275 g/mol. The lowest BCUT2D eigenvalue weighted by molar-refractivity contribution is -0.123. The molecular weight excluding hydrogens is 262 g/mol. The fraction of sp³-hybridized carbons (Fsp3) is 0.467. The summed E-state index contributed by atoms with van der Waals surface area (Å²) in [5, 5.41) is 0.554. The van der Waals surface area contributed by atoms with E-state index in [0.717, 1.165) is 19.3 Å². The quantitative estimate of drug-likeness (QED) is 0.739. The summed E-state index contributed by atoms with van der Waals surface area (Å²) in [5.74, 6) is 0.704. The van der Waals surface area contributed by atoms with E-state index < -0.39 is 0 Å². The van der Waals surface area contributed by atoms with E-state index in [1.807, 2.05) is 0 Å². The zero-order chi connectivity index (χ0) is 13.1. The third kappa shape index (κ3) is 1.45. The molecule has 2 bridgehead atoms. The van der Waals surface area contributed by atoms with E-state index in [0.29, 0.717) is 22.5 Å². The molecule has 2 saturated carbocycles. The van der Waals surface area contributed by atoms with Crippen molar-refractivity contribution in [2.24, 2.45) is 23.7 Å². The molecule has 0 radical (unpaired) electrons. The number of carbonyl (C=O) groups is 2. The van der Waals surface area contributed by atoms with Crippen LogP contribution in [0.15, 0.2) is 24.3 Å². The maximum absolute atomic E-state index is 12.6. The Hall–Kier alpha value is -1.35. The van der Waals surface area contributed by atoms with Gasteiger partial charge in [-0.25, -0.2) is 4.90 Å². The minimum absolute atomic E-state index is 0.00975. The highest BCUT2D eigenvalue weighted by molar-refractivity contribution is 6.31. The summed E-state index contributed by atoms with van der Waals surface area (Å²) in [6, 6.07) is 7.01. The summed E-state index contributed by atoms with van der Waals surface area (Å²) < 4.78 is 0. The number of carbonyl (C=O) groups excluding carboxylic acids is 2. The molecule has 4 atom stereocenters. The lowest BCUT2D eigenvalue weighted by Gasteiger charge is -2.19. The second kappa shape index (κ2) is 3.83. The highest BCUT2D eigenvalue weighted by Gasteiger charge is 2.61. The Bertz CT molecular complexity index is 557. The van der Waals surface area contributed by atoms with Crippen LogP contribution in [0.2, 0.25) is 5.02 Å². The first-order chi connectivity index (χ1) is 9.16. The van der Waals surface area contributed by atoms with Gasteiger partial charge in [0.2, 0.25) is 11.8 Å². The first-order valence-corrected chi connectivity index (χ1v) is 7.18. The van der Waals surface area contributed by atoms with E-state index in [1.165, 1.54) is 4.90 Å². The molecule has 98 valence electrons. The largest absolute Gasteiger partial charge is 0.274 e. The zero-order valence-electron chi connectivity index (χ0n) is 10.4. The van der Waals surface area contributed by atoms with Crippen LogP contribution in [-0.4, -0.2) is 11.8 Å². The van der Waals surface area contributed by atoms with Crippen LogP contribution < -0.4 is 4.90 Å². The van der Waals surface area contributed by atoms with Crippen molar-refractivity contribution in [2.75, 3.05) is 4.90 Å². The van der Waals surface area contributed by atoms with Gasteiger partial charge in [0.25, 0.3) is 0 Å². The molecular formula is C15H14ClNO2. The van der Waals surface area contributed by atoms with E-state index in [1.54, 1.807) is 24.3 Å². The Morgan fingerprint density at radius 1 is 1.05 bits per heavy atom. The fourth-order valence-electron chi connectivity index (χ4n) is 4.28. The molecule has 2 aliphatic carbocycles. The molecule has 3 nitrogen and oxygen atoms in total. The SMILES string of the molecule is O=C1[C@H]2[C@H]3CC[C@@H](C3)[C@@H]2C(=O)N1c1cccc(Cl)c1. The minimum atomic E-state index is -0.0646. The molecule has 1 aromatic rings. The molecule has 1 saturated heterocycles. The Balaban J connectivity index is 1.75. The van der Waals surface area contributed by atoms with Gasteiger partial charge in [-0.1, -0.05) is 17.7 Å². The Morgan fingerprint density at radius 3 is 2.26 bits per heavy atom. The molecule has 0 aromatic heterocycles. The Morgan fingerprint density at radius 2 is 1.68 bits per heavy atom. The van der Waals surface area contributed by atoms with Crippen molar-refractivity contribution in [3.63, 3.8) is 0 Å². The summed E-state index contributed by atoms with van der Waals surface area (Å²) in [4.78, 5) is 26.5. The molecule has 19 heavy (non-hydrogen) atoms. The highest BCUT2D eigenvalue weighted by atomic mass is 35.5. The highest BCUT2D eigenvalue weighted by Crippen LogP contribution is 2.56. The molecule has 0 spiro atoms. The van der Waals surface area contributed by atoms with Gasteiger partial charge in [-0.05, 0) is 49.3 Å². The predicted octanol–water partition coefficient (Wildman–Crippen LogP) is 2.88. The molecule has 0 unspecified atom stereocenters. The van der Waals surface area contributed by atoms with Gasteiger partial charge >= 0.3 is 0 Å². The van der Waals surface area contributed by atoms with Crippen LogP contribution >= 0.6 is 11.6 Å². The van der Waals surface area contributed by atoms with Crippen molar-refractivity contribution >= 4 is 29.1 Å². The van der Waals surface area contributed by atoms with Crippen LogP contribution in [0.4, 0.5) is 5.69 Å². The van der Waals surface area contributed by atoms with Gasteiger partial charge in [-0.3, -0.25) is 9.59 Å². The van der Waals surface area contributed by atoms with Crippen molar-refractivity contribution in [3.05, 3.63) is 29.3 Å². The lowest BCUT2D eigenvalue weighted by atomic mass is 9.81. The first-order valence-electron chi connectivity index (χ1n) is 6.80. The first kappa shape index (κ1) is 11.5. The number of anilines is 1. The second-order valence-electron chi connectivity index (χ2n) is 5.88. The standard InChI is InChI=1S/C15H14ClNO2/c16-10-2-1-3-11(7-10)17-14(18)12-8-4-5-9(6-8)13(12)15(17)19/h1-3,7-9,12-13H,4-6H2/t8-,9-,12-,13-/m0/s1. The van der Waals surface area contributed by atoms with Crippen LogP contribution in [0.25, 0.3) is 0 Å². The van der Waals surface area contributed by atoms with Crippen LogP contribution in [0.5, 0.6) is 0 Å². The number of imide groups is 1. The summed E-state index contributed by atoms with van der Waals surface area (Å²) in [6.07, 6.45) is 3.28. The average Bonchev–Trinajstić information content (AvgIpc) is 3.04. The van der Waals surface area contributed by atoms with Gasteiger partial charge in [-0.2, -0.15) is 0 Å². The predicted molar refractivity (Wildman–Crippen MR) is 71.8 cm³/mol. The second-order valence-corrected chi connectivity index (χ2v) is 6.31. The van der Waals surface area contributed by atoms with Crippen molar-refractivity contribution in [1.82, 2.24) is 0 Å². The summed E-state index contributed by atoms with van der Waals surface area (Å²) in [7, 11) is 0. The van der Waals surface area contributed by atoms with Gasteiger partial charge in [0.05, 0.1) is 17.5 Å². The lowest BCUT2D eigenvalue weighted by Crippen LogP contribution is -2.32. The molecule has 3 aliphatic rings. The number of fused-ring (bicyclic) bond motifs is 5. The van der Waals surface area contributed by atoms with E-state index in [9.17, 15) is 9.59 Å². The van der Waals surface area contributed by atoms with Gasteiger partial charge < -0.3 is 0 Å². The van der Waals surface area contributed by atoms with Crippen LogP contribution in [0, 0.1) is 23.7 Å².